The van der Waals surface area contributed by atoms with E-state index in [-0.39, 0.29) is 102 Å². The molecule has 0 nitrogen and oxygen atoms in total. The van der Waals surface area contributed by atoms with Crippen LogP contribution in [-0.4, -0.2) is 73.9 Å². The number of hydrogen-bond acceptors (Lipinski definition) is 0. The topological polar surface area (TPSA) is 0 Å². The van der Waals surface area contributed by atoms with E-state index in [1.807, 2.05) is 0 Å². The summed E-state index contributed by atoms with van der Waals surface area (Å²) in [6, 6.07) is 0. The van der Waals surface area contributed by atoms with E-state index in [0.717, 1.165) is 0 Å². The fraction of sp³-hybridized carbons (Fsp3) is 0. The molecule has 0 aliphatic heterocycles. The van der Waals surface area contributed by atoms with Gasteiger partial charge in [-0.2, -0.15) is 0 Å². The summed E-state index contributed by atoms with van der Waals surface area (Å²) in [5, 5.41) is 0. The molecule has 0 aromatic heterocycles. The van der Waals surface area contributed by atoms with Crippen molar-refractivity contribution in [2.45, 2.75) is 0 Å². The molecule has 22 valence electrons. The standard InChI is InChI=1S/Hg.In.Sb.HTe.5H/h;;;1H;;;;;. The van der Waals surface area contributed by atoms with E-state index in [2.05, 4.69) is 0 Å². The summed E-state index contributed by atoms with van der Waals surface area (Å²) < 4.78 is 0. The predicted octanol–water partition coefficient (Wildman–Crippen LogP) is -2.75. The van der Waals surface area contributed by atoms with E-state index in [9.17, 15) is 0 Å². The number of hydrogen-bond donors (Lipinski definition) is 0. The minimum atomic E-state index is 0. The first-order valence-electron chi connectivity index (χ1n) is 0. The molecular weight excluding hydrogens is 565 g/mol. The second kappa shape index (κ2) is 16.1. The zero-order valence-corrected chi connectivity index (χ0v) is 13.1. The third-order valence-corrected chi connectivity index (χ3v) is 0. The Hall–Kier alpha value is 3.41. The maximum atomic E-state index is 0. The average Bonchev–Trinajstić information content (AvgIpc) is 0. The van der Waals surface area contributed by atoms with Crippen LogP contribution in [0.1, 0.15) is 0 Å². The molecular formula is H6HgInSbTe. The van der Waals surface area contributed by atoms with Gasteiger partial charge in [-0.3, -0.25) is 0 Å². The molecule has 4 heavy (non-hydrogen) atoms. The first kappa shape index (κ1) is 26.2. The van der Waals surface area contributed by atoms with E-state index in [4.69, 9.17) is 0 Å². The first-order valence-corrected chi connectivity index (χ1v) is 0. The molecule has 0 saturated carbocycles. The third-order valence-electron chi connectivity index (χ3n) is 0. The minimum absolute atomic E-state index is 0. The Morgan fingerprint density at radius 1 is 1.00 bits per heavy atom. The molecule has 0 heterocycles. The van der Waals surface area contributed by atoms with Crippen molar-refractivity contribution >= 4 is 73.9 Å². The summed E-state index contributed by atoms with van der Waals surface area (Å²) in [7, 11) is 0. The van der Waals surface area contributed by atoms with Crippen molar-refractivity contribution in [3.8, 4) is 0 Å². The Kier molecular flexibility index (Phi) is 106. The van der Waals surface area contributed by atoms with Crippen molar-refractivity contribution in [1.82, 2.24) is 0 Å². The van der Waals surface area contributed by atoms with Crippen molar-refractivity contribution in [1.29, 1.82) is 0 Å². The fourth-order valence-corrected chi connectivity index (χ4v) is 0. The molecule has 0 amide bonds. The van der Waals surface area contributed by atoms with Crippen molar-refractivity contribution in [3.63, 3.8) is 0 Å². The normalized spacial score (nSPS) is 0. The van der Waals surface area contributed by atoms with Gasteiger partial charge in [-0.1, -0.05) is 0 Å². The second-order valence-corrected chi connectivity index (χ2v) is 0. The molecule has 0 aromatic rings. The Morgan fingerprint density at radius 3 is 1.00 bits per heavy atom. The molecule has 0 aromatic carbocycles. The third kappa shape index (κ3) is 9.05. The van der Waals surface area contributed by atoms with E-state index in [0.29, 0.717) is 0 Å². The van der Waals surface area contributed by atoms with E-state index in [1.54, 1.807) is 0 Å². The van der Waals surface area contributed by atoms with Gasteiger partial charge in [0.25, 0.3) is 0 Å². The monoisotopic (exact) mass is 574 g/mol. The van der Waals surface area contributed by atoms with Gasteiger partial charge in [-0.15, -0.1) is 0 Å². The van der Waals surface area contributed by atoms with E-state index >= 15 is 0 Å². The van der Waals surface area contributed by atoms with Gasteiger partial charge in [0.15, 0.2) is 0 Å². The summed E-state index contributed by atoms with van der Waals surface area (Å²) in [5.41, 5.74) is 0. The summed E-state index contributed by atoms with van der Waals surface area (Å²) in [5.74, 6) is 0. The van der Waals surface area contributed by atoms with Crippen molar-refractivity contribution in [3.05, 3.63) is 0 Å². The Bertz CT molecular complexity index is 8.00. The molecule has 4 heteroatoms. The van der Waals surface area contributed by atoms with Crippen LogP contribution < -0.4 is 0 Å². The molecule has 0 unspecified atom stereocenters. The van der Waals surface area contributed by atoms with Crippen LogP contribution in [0.25, 0.3) is 0 Å². The SMILES string of the molecule is [Hg].[InH3].[SbH2].[TeH]. The van der Waals surface area contributed by atoms with Crippen LogP contribution in [0.3, 0.4) is 0 Å². The first-order chi connectivity index (χ1) is 0. The van der Waals surface area contributed by atoms with E-state index < -0.39 is 0 Å². The van der Waals surface area contributed by atoms with Gasteiger partial charge in [0.05, 0.1) is 0 Å². The van der Waals surface area contributed by atoms with Crippen LogP contribution in [0.4, 0.5) is 0 Å². The van der Waals surface area contributed by atoms with Crippen LogP contribution in [0.5, 0.6) is 0 Å². The van der Waals surface area contributed by atoms with Gasteiger partial charge in [-0.25, -0.2) is 0 Å². The fourth-order valence-electron chi connectivity index (χ4n) is 0. The molecule has 0 aliphatic rings. The van der Waals surface area contributed by atoms with Crippen LogP contribution in [-0.2, 0) is 27.7 Å². The van der Waals surface area contributed by atoms with Crippen molar-refractivity contribution in [2.24, 2.45) is 0 Å². The van der Waals surface area contributed by atoms with Crippen LogP contribution in [0.15, 0.2) is 0 Å². The molecule has 0 fully saturated rings. The van der Waals surface area contributed by atoms with Gasteiger partial charge in [0, 0.05) is 27.7 Å². The van der Waals surface area contributed by atoms with E-state index in [1.165, 1.54) is 0 Å². The zero-order valence-electron chi connectivity index (χ0n) is 1.73. The molecule has 0 bridgehead atoms. The Morgan fingerprint density at radius 2 is 1.00 bits per heavy atom. The van der Waals surface area contributed by atoms with Gasteiger partial charge >= 0.3 is 73.9 Å². The quantitative estimate of drug-likeness (QED) is 0.277. The Labute approximate surface area is 99.3 Å². The van der Waals surface area contributed by atoms with Crippen LogP contribution >= 0.6 is 0 Å². The van der Waals surface area contributed by atoms with Crippen LogP contribution in [0, 0.1) is 0 Å². The summed E-state index contributed by atoms with van der Waals surface area (Å²) in [4.78, 5) is 0. The average molecular weight is 571 g/mol. The van der Waals surface area contributed by atoms with Crippen LogP contribution in [0.2, 0.25) is 0 Å². The molecule has 0 atom stereocenters. The number of rotatable bonds is 0. The summed E-state index contributed by atoms with van der Waals surface area (Å²) >= 11 is 0. The molecule has 0 N–H and O–H groups in total. The molecule has 0 spiro atoms. The van der Waals surface area contributed by atoms with Crippen molar-refractivity contribution in [2.75, 3.05) is 0 Å². The van der Waals surface area contributed by atoms with Crippen molar-refractivity contribution < 1.29 is 27.7 Å². The predicted molar refractivity (Wildman–Crippen MR) is 25.6 cm³/mol. The molecule has 0 saturated heterocycles. The molecule has 0 aliphatic carbocycles. The molecule has 0 rings (SSSR count). The van der Waals surface area contributed by atoms with Gasteiger partial charge in [-0.05, 0) is 0 Å². The molecule has 2 radical (unpaired) electrons. The van der Waals surface area contributed by atoms with Gasteiger partial charge < -0.3 is 0 Å². The van der Waals surface area contributed by atoms with Gasteiger partial charge in [0.2, 0.25) is 0 Å². The summed E-state index contributed by atoms with van der Waals surface area (Å²) in [6.45, 7) is 0. The zero-order chi connectivity index (χ0) is 0. The summed E-state index contributed by atoms with van der Waals surface area (Å²) in [6.07, 6.45) is 0. The van der Waals surface area contributed by atoms with Gasteiger partial charge in [0.1, 0.15) is 0 Å². The second-order valence-electron chi connectivity index (χ2n) is 0. The maximum absolute atomic E-state index is 0. The Balaban J connectivity index is 0.